The van der Waals surface area contributed by atoms with E-state index in [1.807, 2.05) is 0 Å². The first-order chi connectivity index (χ1) is 11.6. The summed E-state index contributed by atoms with van der Waals surface area (Å²) in [6.45, 7) is 0. The van der Waals surface area contributed by atoms with Gasteiger partial charge in [-0.3, -0.25) is 15.1 Å². The number of nitrogens with zero attached hydrogens (tertiary/aromatic N) is 5. The molecule has 2 N–H and O–H groups in total. The second-order valence-corrected chi connectivity index (χ2v) is 5.45. The van der Waals surface area contributed by atoms with Crippen LogP contribution in [0.25, 0.3) is 0 Å². The summed E-state index contributed by atoms with van der Waals surface area (Å²) in [7, 11) is 0. The van der Waals surface area contributed by atoms with E-state index in [4.69, 9.17) is 0 Å². The van der Waals surface area contributed by atoms with Crippen molar-refractivity contribution >= 4 is 44.8 Å². The molecule has 0 amide bonds. The first kappa shape index (κ1) is 15.7. The van der Waals surface area contributed by atoms with Gasteiger partial charge in [-0.15, -0.1) is 0 Å². The van der Waals surface area contributed by atoms with Crippen molar-refractivity contribution in [1.82, 2.24) is 19.9 Å². The van der Waals surface area contributed by atoms with Gasteiger partial charge < -0.3 is 10.6 Å². The van der Waals surface area contributed by atoms with E-state index in [0.29, 0.717) is 11.5 Å². The van der Waals surface area contributed by atoms with Crippen molar-refractivity contribution in [3.63, 3.8) is 0 Å². The smallest absolute Gasteiger partial charge is 0.333 e. The number of anilines is 4. The monoisotopic (exact) mass is 387 g/mol. The Morgan fingerprint density at radius 2 is 1.83 bits per heavy atom. The maximum atomic E-state index is 11.5. The quantitative estimate of drug-likeness (QED) is 0.504. The van der Waals surface area contributed by atoms with E-state index >= 15 is 0 Å². The number of pyridine rings is 2. The molecule has 0 saturated heterocycles. The molecule has 0 aliphatic rings. The summed E-state index contributed by atoms with van der Waals surface area (Å²) in [6.07, 6.45) is 5.94. The Hall–Kier alpha value is -3.14. The lowest BCUT2D eigenvalue weighted by molar-refractivity contribution is -0.383. The van der Waals surface area contributed by atoms with Crippen LogP contribution in [0.15, 0.2) is 53.7 Å². The van der Waals surface area contributed by atoms with Gasteiger partial charge in [0, 0.05) is 16.9 Å². The molecule has 0 bridgehead atoms. The second-order valence-electron chi connectivity index (χ2n) is 4.53. The molecule has 0 atom stereocenters. The molecule has 3 rings (SSSR count). The Labute approximate surface area is 144 Å². The molecule has 0 radical (unpaired) electrons. The van der Waals surface area contributed by atoms with Gasteiger partial charge in [-0.25, -0.2) is 15.0 Å². The van der Waals surface area contributed by atoms with Crippen molar-refractivity contribution in [1.29, 1.82) is 0 Å². The number of nitro groups is 1. The van der Waals surface area contributed by atoms with Crippen LogP contribution in [0, 0.1) is 10.1 Å². The van der Waals surface area contributed by atoms with Gasteiger partial charge in [0.15, 0.2) is 0 Å². The molecule has 0 aliphatic carbocycles. The molecule has 0 saturated carbocycles. The lowest BCUT2D eigenvalue weighted by Gasteiger charge is -2.09. The van der Waals surface area contributed by atoms with E-state index in [1.54, 1.807) is 36.7 Å². The fourth-order valence-electron chi connectivity index (χ4n) is 1.88. The molecular weight excluding hydrogens is 378 g/mol. The Morgan fingerprint density at radius 3 is 2.46 bits per heavy atom. The number of hydrogen-bond acceptors (Lipinski definition) is 8. The summed E-state index contributed by atoms with van der Waals surface area (Å²) in [5, 5.41) is 17.2. The van der Waals surface area contributed by atoms with E-state index in [-0.39, 0.29) is 17.3 Å². The van der Waals surface area contributed by atoms with Gasteiger partial charge in [-0.05, 0) is 40.2 Å². The minimum atomic E-state index is -0.556. The summed E-state index contributed by atoms with van der Waals surface area (Å²) in [6, 6.07) is 6.86. The molecule has 3 heterocycles. The van der Waals surface area contributed by atoms with Crippen LogP contribution in [0.1, 0.15) is 0 Å². The lowest BCUT2D eigenvalue weighted by Crippen LogP contribution is -2.06. The topological polar surface area (TPSA) is 119 Å². The molecule has 24 heavy (non-hydrogen) atoms. The third-order valence-electron chi connectivity index (χ3n) is 2.90. The number of nitrogens with one attached hydrogen (secondary N) is 2. The molecule has 0 unspecified atom stereocenters. The fraction of sp³-hybridized carbons (Fsp3) is 0. The third kappa shape index (κ3) is 3.60. The fourth-order valence-corrected chi connectivity index (χ4v) is 2.11. The predicted molar refractivity (Wildman–Crippen MR) is 91.4 cm³/mol. The molecule has 3 aromatic heterocycles. The zero-order chi connectivity index (χ0) is 16.9. The van der Waals surface area contributed by atoms with Gasteiger partial charge in [0.1, 0.15) is 12.1 Å². The Morgan fingerprint density at radius 1 is 1.04 bits per heavy atom. The molecular formula is C14H10BrN7O2. The maximum absolute atomic E-state index is 11.5. The van der Waals surface area contributed by atoms with E-state index in [0.717, 1.165) is 4.47 Å². The van der Waals surface area contributed by atoms with Crippen LogP contribution in [0.4, 0.5) is 28.8 Å². The van der Waals surface area contributed by atoms with E-state index in [2.05, 4.69) is 46.5 Å². The zero-order valence-electron chi connectivity index (χ0n) is 12.0. The van der Waals surface area contributed by atoms with Gasteiger partial charge >= 0.3 is 5.69 Å². The average Bonchev–Trinajstić information content (AvgIpc) is 2.58. The third-order valence-corrected chi connectivity index (χ3v) is 3.37. The molecule has 0 aromatic carbocycles. The van der Waals surface area contributed by atoms with Crippen molar-refractivity contribution in [3.8, 4) is 0 Å². The number of rotatable bonds is 5. The van der Waals surface area contributed by atoms with Gasteiger partial charge in [0.2, 0.25) is 11.6 Å². The molecule has 3 aromatic rings. The van der Waals surface area contributed by atoms with Crippen LogP contribution in [0.3, 0.4) is 0 Å². The first-order valence-electron chi connectivity index (χ1n) is 6.68. The Balaban J connectivity index is 1.96. The molecule has 0 fully saturated rings. The van der Waals surface area contributed by atoms with E-state index in [1.165, 1.54) is 12.5 Å². The summed E-state index contributed by atoms with van der Waals surface area (Å²) in [5.41, 5.74) is 0.290. The second kappa shape index (κ2) is 6.96. The minimum Gasteiger partial charge on any atom is -0.333 e. The summed E-state index contributed by atoms with van der Waals surface area (Å²) in [4.78, 5) is 26.9. The summed E-state index contributed by atoms with van der Waals surface area (Å²) >= 11 is 3.28. The molecule has 0 aliphatic heterocycles. The molecule has 120 valence electrons. The largest absolute Gasteiger partial charge is 0.353 e. The van der Waals surface area contributed by atoms with Gasteiger partial charge in [-0.1, -0.05) is 0 Å². The van der Waals surface area contributed by atoms with Crippen molar-refractivity contribution in [2.45, 2.75) is 0 Å². The minimum absolute atomic E-state index is 0.0382. The summed E-state index contributed by atoms with van der Waals surface area (Å²) in [5.74, 6) is 0.520. The highest BCUT2D eigenvalue weighted by molar-refractivity contribution is 9.10. The normalized spacial score (nSPS) is 10.2. The van der Waals surface area contributed by atoms with Crippen LogP contribution in [-0.2, 0) is 0 Å². The van der Waals surface area contributed by atoms with Crippen molar-refractivity contribution in [2.24, 2.45) is 0 Å². The van der Waals surface area contributed by atoms with Crippen molar-refractivity contribution in [3.05, 3.63) is 63.8 Å². The van der Waals surface area contributed by atoms with Crippen LogP contribution in [0.2, 0.25) is 0 Å². The predicted octanol–water partition coefficient (Wildman–Crippen LogP) is 3.42. The molecule has 9 nitrogen and oxygen atoms in total. The van der Waals surface area contributed by atoms with Crippen LogP contribution >= 0.6 is 15.9 Å². The van der Waals surface area contributed by atoms with E-state index in [9.17, 15) is 10.1 Å². The SMILES string of the molecule is O=[N+]([O-])c1c(Nc2cccnc2)ncnc1Nc1ccc(Br)cn1. The Kier molecular flexibility index (Phi) is 4.57. The van der Waals surface area contributed by atoms with E-state index < -0.39 is 4.92 Å². The summed E-state index contributed by atoms with van der Waals surface area (Å²) < 4.78 is 0.796. The number of hydrogen-bond donors (Lipinski definition) is 2. The maximum Gasteiger partial charge on any atom is 0.353 e. The van der Waals surface area contributed by atoms with Crippen molar-refractivity contribution < 1.29 is 4.92 Å². The van der Waals surface area contributed by atoms with Gasteiger partial charge in [0.05, 0.1) is 16.8 Å². The van der Waals surface area contributed by atoms with Gasteiger partial charge in [0.25, 0.3) is 0 Å². The van der Waals surface area contributed by atoms with Gasteiger partial charge in [-0.2, -0.15) is 0 Å². The highest BCUT2D eigenvalue weighted by atomic mass is 79.9. The standard InChI is InChI=1S/C14H10BrN7O2/c15-9-3-4-11(17-6-9)21-14-12(22(23)24)13(18-8-19-14)20-10-2-1-5-16-7-10/h1-8H,(H2,17,18,19,20,21). The zero-order valence-corrected chi connectivity index (χ0v) is 13.6. The first-order valence-corrected chi connectivity index (χ1v) is 7.48. The molecule has 10 heteroatoms. The average molecular weight is 388 g/mol. The lowest BCUT2D eigenvalue weighted by atomic mass is 10.3. The number of halogens is 1. The van der Waals surface area contributed by atoms with Crippen molar-refractivity contribution in [2.75, 3.05) is 10.6 Å². The molecule has 0 spiro atoms. The highest BCUT2D eigenvalue weighted by Gasteiger charge is 2.23. The van der Waals surface area contributed by atoms with Crippen LogP contribution in [-0.4, -0.2) is 24.9 Å². The van der Waals surface area contributed by atoms with Crippen LogP contribution in [0.5, 0.6) is 0 Å². The Bertz CT molecular complexity index is 859. The number of aromatic nitrogens is 4. The van der Waals surface area contributed by atoms with Crippen LogP contribution < -0.4 is 10.6 Å². The highest BCUT2D eigenvalue weighted by Crippen LogP contribution is 2.32.